The van der Waals surface area contributed by atoms with E-state index in [9.17, 15) is 4.79 Å². The molecule has 0 aliphatic rings. The van der Waals surface area contributed by atoms with Gasteiger partial charge in [0.25, 0.3) is 5.91 Å². The number of hydrogen-bond donors (Lipinski definition) is 2. The quantitative estimate of drug-likeness (QED) is 0.778. The maximum absolute atomic E-state index is 12.2. The Hall–Kier alpha value is -2.47. The van der Waals surface area contributed by atoms with Gasteiger partial charge < -0.3 is 11.1 Å². The van der Waals surface area contributed by atoms with Crippen LogP contribution in [0, 0.1) is 6.92 Å². The topological polar surface area (TPSA) is 80.9 Å². The lowest BCUT2D eigenvalue weighted by Gasteiger charge is -2.06. The molecule has 21 heavy (non-hydrogen) atoms. The van der Waals surface area contributed by atoms with Crippen molar-refractivity contribution < 1.29 is 4.79 Å². The largest absolute Gasteiger partial charge is 0.398 e. The fourth-order valence-corrected chi connectivity index (χ4v) is 2.68. The van der Waals surface area contributed by atoms with E-state index in [0.717, 1.165) is 16.1 Å². The Morgan fingerprint density at radius 2 is 2.14 bits per heavy atom. The number of rotatable bonds is 3. The summed E-state index contributed by atoms with van der Waals surface area (Å²) in [7, 11) is 0. The average molecular weight is 298 g/mol. The van der Waals surface area contributed by atoms with E-state index in [2.05, 4.69) is 15.3 Å². The average Bonchev–Trinajstić information content (AvgIpc) is 2.90. The maximum atomic E-state index is 12.2. The smallest absolute Gasteiger partial charge is 0.270 e. The van der Waals surface area contributed by atoms with Crippen LogP contribution in [0.1, 0.15) is 21.2 Å². The van der Waals surface area contributed by atoms with Gasteiger partial charge in [-0.1, -0.05) is 18.2 Å². The number of amides is 1. The number of benzene rings is 1. The number of nitrogens with zero attached hydrogens (tertiary/aromatic N) is 2. The Bertz CT molecular complexity index is 812. The third-order valence-electron chi connectivity index (χ3n) is 3.08. The van der Waals surface area contributed by atoms with Gasteiger partial charge in [-0.25, -0.2) is 9.97 Å². The van der Waals surface area contributed by atoms with Gasteiger partial charge in [-0.2, -0.15) is 0 Å². The van der Waals surface area contributed by atoms with Crippen LogP contribution in [0.5, 0.6) is 0 Å². The van der Waals surface area contributed by atoms with Crippen LogP contribution in [-0.2, 0) is 6.54 Å². The number of carbonyl (C=O) groups is 1. The molecule has 0 saturated carbocycles. The number of para-hydroxylation sites is 1. The summed E-state index contributed by atoms with van der Waals surface area (Å²) in [4.78, 5) is 20.8. The molecule has 3 N–H and O–H groups in total. The molecular weight excluding hydrogens is 284 g/mol. The minimum Gasteiger partial charge on any atom is -0.398 e. The van der Waals surface area contributed by atoms with Crippen molar-refractivity contribution in [3.05, 3.63) is 52.1 Å². The minimum atomic E-state index is -0.252. The van der Waals surface area contributed by atoms with E-state index in [-0.39, 0.29) is 5.91 Å². The van der Waals surface area contributed by atoms with E-state index in [1.807, 2.05) is 36.6 Å². The van der Waals surface area contributed by atoms with E-state index in [1.54, 1.807) is 17.4 Å². The first kappa shape index (κ1) is 13.5. The first-order chi connectivity index (χ1) is 10.1. The second-order valence-electron chi connectivity index (χ2n) is 4.65. The van der Waals surface area contributed by atoms with Crippen molar-refractivity contribution in [2.75, 3.05) is 5.73 Å². The summed E-state index contributed by atoms with van der Waals surface area (Å²) >= 11 is 1.56. The van der Waals surface area contributed by atoms with E-state index in [1.165, 1.54) is 0 Å². The number of nitrogens with one attached hydrogen (secondary N) is 1. The summed E-state index contributed by atoms with van der Waals surface area (Å²) in [5.74, 6) is -0.252. The number of nitrogens with two attached hydrogens (primary N) is 1. The molecular formula is C15H14N4OS. The molecule has 6 heteroatoms. The first-order valence-corrected chi connectivity index (χ1v) is 7.36. The number of aromatic nitrogens is 2. The molecule has 2 heterocycles. The standard InChI is InChI=1S/C15H14N4OS/c1-9-18-10(8-21-9)7-17-15(20)14-6-12(16)11-4-2-3-5-13(11)19-14/h2-6,8H,7H2,1H3,(H2,16,19)(H,17,20). The second kappa shape index (κ2) is 5.49. The molecule has 0 aliphatic carbocycles. The molecule has 0 saturated heterocycles. The molecule has 0 radical (unpaired) electrons. The van der Waals surface area contributed by atoms with Gasteiger partial charge >= 0.3 is 0 Å². The molecule has 106 valence electrons. The minimum absolute atomic E-state index is 0.252. The lowest BCUT2D eigenvalue weighted by molar-refractivity contribution is 0.0946. The molecule has 0 atom stereocenters. The number of nitrogen functional groups attached to an aromatic ring is 1. The Labute approximate surface area is 125 Å². The van der Waals surface area contributed by atoms with E-state index in [0.29, 0.717) is 23.4 Å². The van der Waals surface area contributed by atoms with Gasteiger partial charge in [0.2, 0.25) is 0 Å². The van der Waals surface area contributed by atoms with Crippen LogP contribution < -0.4 is 11.1 Å². The molecule has 0 fully saturated rings. The summed E-state index contributed by atoms with van der Waals surface area (Å²) in [6, 6.07) is 9.09. The zero-order valence-corrected chi connectivity index (χ0v) is 12.3. The van der Waals surface area contributed by atoms with E-state index >= 15 is 0 Å². The van der Waals surface area contributed by atoms with Gasteiger partial charge in [-0.05, 0) is 19.1 Å². The van der Waals surface area contributed by atoms with Crippen molar-refractivity contribution in [1.29, 1.82) is 0 Å². The van der Waals surface area contributed by atoms with Crippen molar-refractivity contribution in [2.24, 2.45) is 0 Å². The molecule has 1 amide bonds. The van der Waals surface area contributed by atoms with Gasteiger partial charge in [0, 0.05) is 16.5 Å². The van der Waals surface area contributed by atoms with Crippen LogP contribution in [-0.4, -0.2) is 15.9 Å². The zero-order valence-electron chi connectivity index (χ0n) is 11.5. The Balaban J connectivity index is 1.81. The number of carbonyl (C=O) groups excluding carboxylic acids is 1. The molecule has 1 aromatic carbocycles. The molecule has 0 spiro atoms. The third-order valence-corrected chi connectivity index (χ3v) is 3.90. The fraction of sp³-hybridized carbons (Fsp3) is 0.133. The van der Waals surface area contributed by atoms with Crippen molar-refractivity contribution in [3.63, 3.8) is 0 Å². The number of aryl methyl sites for hydroxylation is 1. The van der Waals surface area contributed by atoms with Crippen molar-refractivity contribution in [1.82, 2.24) is 15.3 Å². The highest BCUT2D eigenvalue weighted by atomic mass is 32.1. The highest BCUT2D eigenvalue weighted by Crippen LogP contribution is 2.20. The molecule has 5 nitrogen and oxygen atoms in total. The number of thiazole rings is 1. The van der Waals surface area contributed by atoms with Gasteiger partial charge in [-0.3, -0.25) is 4.79 Å². The zero-order chi connectivity index (χ0) is 14.8. The Morgan fingerprint density at radius 1 is 1.33 bits per heavy atom. The molecule has 3 aromatic rings. The molecule has 0 bridgehead atoms. The molecule has 0 aliphatic heterocycles. The van der Waals surface area contributed by atoms with Gasteiger partial charge in [0.05, 0.1) is 22.8 Å². The van der Waals surface area contributed by atoms with Crippen LogP contribution >= 0.6 is 11.3 Å². The molecule has 3 rings (SSSR count). The van der Waals surface area contributed by atoms with Crippen LogP contribution in [0.25, 0.3) is 10.9 Å². The SMILES string of the molecule is Cc1nc(CNC(=O)c2cc(N)c3ccccc3n2)cs1. The summed E-state index contributed by atoms with van der Waals surface area (Å²) < 4.78 is 0. The van der Waals surface area contributed by atoms with Crippen molar-refractivity contribution in [2.45, 2.75) is 13.5 Å². The molecule has 0 unspecified atom stereocenters. The predicted octanol–water partition coefficient (Wildman–Crippen LogP) is 2.51. The van der Waals surface area contributed by atoms with Crippen molar-refractivity contribution in [3.8, 4) is 0 Å². The summed E-state index contributed by atoms with van der Waals surface area (Å²) in [6.07, 6.45) is 0. The number of hydrogen-bond acceptors (Lipinski definition) is 5. The van der Waals surface area contributed by atoms with Gasteiger partial charge in [0.1, 0.15) is 5.69 Å². The van der Waals surface area contributed by atoms with Crippen LogP contribution in [0.15, 0.2) is 35.7 Å². The van der Waals surface area contributed by atoms with Gasteiger partial charge in [0.15, 0.2) is 0 Å². The summed E-state index contributed by atoms with van der Waals surface area (Å²) in [5.41, 5.74) is 8.41. The van der Waals surface area contributed by atoms with Crippen LogP contribution in [0.3, 0.4) is 0 Å². The summed E-state index contributed by atoms with van der Waals surface area (Å²) in [6.45, 7) is 2.32. The monoisotopic (exact) mass is 298 g/mol. The number of anilines is 1. The Morgan fingerprint density at radius 3 is 2.90 bits per heavy atom. The van der Waals surface area contributed by atoms with Crippen molar-refractivity contribution >= 4 is 33.8 Å². The summed E-state index contributed by atoms with van der Waals surface area (Å²) in [5, 5.41) is 6.57. The fourth-order valence-electron chi connectivity index (χ4n) is 2.07. The van der Waals surface area contributed by atoms with E-state index in [4.69, 9.17) is 5.73 Å². The van der Waals surface area contributed by atoms with E-state index < -0.39 is 0 Å². The molecule has 2 aromatic heterocycles. The lowest BCUT2D eigenvalue weighted by atomic mass is 10.1. The normalized spacial score (nSPS) is 10.7. The third kappa shape index (κ3) is 2.85. The number of fused-ring (bicyclic) bond motifs is 1. The lowest BCUT2D eigenvalue weighted by Crippen LogP contribution is -2.24. The number of pyridine rings is 1. The van der Waals surface area contributed by atoms with Crippen LogP contribution in [0.2, 0.25) is 0 Å². The van der Waals surface area contributed by atoms with Gasteiger partial charge in [-0.15, -0.1) is 11.3 Å². The maximum Gasteiger partial charge on any atom is 0.270 e. The predicted molar refractivity (Wildman–Crippen MR) is 84.2 cm³/mol. The second-order valence-corrected chi connectivity index (χ2v) is 5.72. The first-order valence-electron chi connectivity index (χ1n) is 6.48. The van der Waals surface area contributed by atoms with Crippen LogP contribution in [0.4, 0.5) is 5.69 Å². The highest BCUT2D eigenvalue weighted by molar-refractivity contribution is 7.09. The Kier molecular flexibility index (Phi) is 3.53. The highest BCUT2D eigenvalue weighted by Gasteiger charge is 2.11.